The van der Waals surface area contributed by atoms with Crippen LogP contribution < -0.4 is 14.8 Å². The van der Waals surface area contributed by atoms with E-state index in [-0.39, 0.29) is 11.9 Å². The van der Waals surface area contributed by atoms with Crippen molar-refractivity contribution in [3.8, 4) is 11.5 Å². The van der Waals surface area contributed by atoms with Gasteiger partial charge in [-0.15, -0.1) is 0 Å². The summed E-state index contributed by atoms with van der Waals surface area (Å²) in [6.45, 7) is 1.28. The van der Waals surface area contributed by atoms with Crippen molar-refractivity contribution in [2.75, 3.05) is 32.6 Å². The monoisotopic (exact) mass is 380 g/mol. The Bertz CT molecular complexity index is 865. The van der Waals surface area contributed by atoms with Gasteiger partial charge in [0.15, 0.2) is 0 Å². The molecule has 148 valence electrons. The van der Waals surface area contributed by atoms with Gasteiger partial charge >= 0.3 is 0 Å². The minimum Gasteiger partial charge on any atom is -0.497 e. The normalized spacial score (nSPS) is 18.7. The highest BCUT2D eigenvalue weighted by Gasteiger charge is 2.30. The maximum atomic E-state index is 12.7. The van der Waals surface area contributed by atoms with Gasteiger partial charge in [-0.25, -0.2) is 0 Å². The number of carbonyl (C=O) groups is 1. The van der Waals surface area contributed by atoms with Crippen LogP contribution in [0.5, 0.6) is 11.5 Å². The average molecular weight is 380 g/mol. The number of rotatable bonds is 6. The van der Waals surface area contributed by atoms with Gasteiger partial charge in [0.25, 0.3) is 0 Å². The van der Waals surface area contributed by atoms with E-state index in [1.54, 1.807) is 14.2 Å². The highest BCUT2D eigenvalue weighted by atomic mass is 16.5. The number of likely N-dealkylation sites (tertiary alicyclic amines) is 1. The van der Waals surface area contributed by atoms with Gasteiger partial charge in [-0.05, 0) is 80.1 Å². The van der Waals surface area contributed by atoms with Gasteiger partial charge in [0.2, 0.25) is 5.91 Å². The van der Waals surface area contributed by atoms with Gasteiger partial charge in [0.1, 0.15) is 11.5 Å². The van der Waals surface area contributed by atoms with Crippen LogP contribution in [0.25, 0.3) is 0 Å². The molecule has 1 aliphatic heterocycles. The molecule has 1 amide bonds. The lowest BCUT2D eigenvalue weighted by atomic mass is 10.0. The van der Waals surface area contributed by atoms with Crippen molar-refractivity contribution in [2.24, 2.45) is 0 Å². The van der Waals surface area contributed by atoms with Gasteiger partial charge in [-0.1, -0.05) is 6.07 Å². The average Bonchev–Trinajstić information content (AvgIpc) is 3.36. The predicted molar refractivity (Wildman–Crippen MR) is 110 cm³/mol. The van der Waals surface area contributed by atoms with Gasteiger partial charge in [0, 0.05) is 17.3 Å². The first-order chi connectivity index (χ1) is 13.7. The van der Waals surface area contributed by atoms with Crippen molar-refractivity contribution in [1.29, 1.82) is 0 Å². The summed E-state index contributed by atoms with van der Waals surface area (Å²) in [7, 11) is 3.35. The molecule has 1 fully saturated rings. The molecule has 2 aromatic carbocycles. The van der Waals surface area contributed by atoms with Gasteiger partial charge < -0.3 is 14.8 Å². The molecule has 1 saturated heterocycles. The highest BCUT2D eigenvalue weighted by Crippen LogP contribution is 2.38. The Morgan fingerprint density at radius 1 is 1.07 bits per heavy atom. The number of carbonyl (C=O) groups excluding carboxylic acids is 1. The molecule has 1 N–H and O–H groups in total. The molecule has 0 aromatic heterocycles. The van der Waals surface area contributed by atoms with E-state index >= 15 is 0 Å². The van der Waals surface area contributed by atoms with Gasteiger partial charge in [-0.2, -0.15) is 0 Å². The second kappa shape index (κ2) is 8.23. The number of fused-ring (bicyclic) bond motifs is 1. The van der Waals surface area contributed by atoms with Gasteiger partial charge in [0.05, 0.1) is 20.8 Å². The highest BCUT2D eigenvalue weighted by molar-refractivity contribution is 5.92. The molecule has 0 bridgehead atoms. The zero-order chi connectivity index (χ0) is 19.5. The molecule has 5 heteroatoms. The third-order valence-electron chi connectivity index (χ3n) is 5.89. The van der Waals surface area contributed by atoms with Crippen LogP contribution in [-0.4, -0.2) is 38.1 Å². The summed E-state index contributed by atoms with van der Waals surface area (Å²) in [5, 5.41) is 3.09. The molecule has 4 rings (SSSR count). The van der Waals surface area contributed by atoms with Crippen LogP contribution in [0.15, 0.2) is 36.4 Å². The number of hydrogen-bond acceptors (Lipinski definition) is 4. The Morgan fingerprint density at radius 2 is 1.93 bits per heavy atom. The molecule has 1 unspecified atom stereocenters. The van der Waals surface area contributed by atoms with Crippen molar-refractivity contribution in [3.05, 3.63) is 53.1 Å². The molecule has 1 aliphatic carbocycles. The number of hydrogen-bond donors (Lipinski definition) is 1. The zero-order valence-corrected chi connectivity index (χ0v) is 16.7. The maximum absolute atomic E-state index is 12.7. The van der Waals surface area contributed by atoms with E-state index in [1.165, 1.54) is 17.5 Å². The summed E-state index contributed by atoms with van der Waals surface area (Å²) < 4.78 is 11.0. The Kier molecular flexibility index (Phi) is 5.53. The minimum absolute atomic E-state index is 0.0340. The molecule has 28 heavy (non-hydrogen) atoms. The Hall–Kier alpha value is -2.53. The van der Waals surface area contributed by atoms with Crippen LogP contribution in [0.3, 0.4) is 0 Å². The number of nitrogens with one attached hydrogen (secondary N) is 1. The lowest BCUT2D eigenvalue weighted by Crippen LogP contribution is -2.33. The van der Waals surface area contributed by atoms with Crippen LogP contribution in [0.1, 0.15) is 42.0 Å². The zero-order valence-electron chi connectivity index (χ0n) is 16.7. The summed E-state index contributed by atoms with van der Waals surface area (Å²) >= 11 is 0. The van der Waals surface area contributed by atoms with E-state index in [2.05, 4.69) is 22.3 Å². The fourth-order valence-corrected chi connectivity index (χ4v) is 4.50. The third-order valence-corrected chi connectivity index (χ3v) is 5.89. The summed E-state index contributed by atoms with van der Waals surface area (Å²) in [5.74, 6) is 1.69. The van der Waals surface area contributed by atoms with E-state index in [0.717, 1.165) is 55.0 Å². The number of anilines is 1. The molecule has 1 heterocycles. The summed E-state index contributed by atoms with van der Waals surface area (Å²) in [6, 6.07) is 12.3. The molecule has 2 aliphatic rings. The number of aryl methyl sites for hydroxylation is 2. The number of ether oxygens (including phenoxy) is 2. The minimum atomic E-state index is 0.0340. The van der Waals surface area contributed by atoms with Crippen LogP contribution in [0.2, 0.25) is 0 Å². The van der Waals surface area contributed by atoms with Crippen LogP contribution in [-0.2, 0) is 17.6 Å². The lowest BCUT2D eigenvalue weighted by molar-refractivity contribution is -0.117. The lowest BCUT2D eigenvalue weighted by Gasteiger charge is -2.26. The molecule has 2 aromatic rings. The quantitative estimate of drug-likeness (QED) is 0.824. The second-order valence-corrected chi connectivity index (χ2v) is 7.62. The van der Waals surface area contributed by atoms with E-state index in [1.807, 2.05) is 24.3 Å². The first-order valence-corrected chi connectivity index (χ1v) is 10.1. The molecule has 0 spiro atoms. The maximum Gasteiger partial charge on any atom is 0.238 e. The molecule has 0 saturated carbocycles. The van der Waals surface area contributed by atoms with Crippen molar-refractivity contribution in [3.63, 3.8) is 0 Å². The molecule has 0 radical (unpaired) electrons. The molecular weight excluding hydrogens is 352 g/mol. The van der Waals surface area contributed by atoms with Gasteiger partial charge in [-0.3, -0.25) is 9.69 Å². The number of nitrogens with zero attached hydrogens (tertiary/aromatic N) is 1. The van der Waals surface area contributed by atoms with Crippen molar-refractivity contribution >= 4 is 11.6 Å². The number of benzene rings is 2. The summed E-state index contributed by atoms with van der Waals surface area (Å²) in [4.78, 5) is 15.0. The molecule has 5 nitrogen and oxygen atoms in total. The van der Waals surface area contributed by atoms with E-state index in [4.69, 9.17) is 9.47 Å². The second-order valence-electron chi connectivity index (χ2n) is 7.62. The Morgan fingerprint density at radius 3 is 2.75 bits per heavy atom. The van der Waals surface area contributed by atoms with E-state index < -0.39 is 0 Å². The van der Waals surface area contributed by atoms with E-state index in [0.29, 0.717) is 6.54 Å². The summed E-state index contributed by atoms with van der Waals surface area (Å²) in [5.41, 5.74) is 4.78. The van der Waals surface area contributed by atoms with Crippen molar-refractivity contribution in [1.82, 2.24) is 4.90 Å². The first-order valence-electron chi connectivity index (χ1n) is 10.1. The topological polar surface area (TPSA) is 50.8 Å². The number of amides is 1. The summed E-state index contributed by atoms with van der Waals surface area (Å²) in [6.07, 6.45) is 5.56. The standard InChI is InChI=1S/C23H28N2O3/c1-27-19-10-11-22(28-2)20(14-19)21-7-4-12-25(21)15-23(26)24-18-9-8-16-5-3-6-17(16)13-18/h8-11,13-14,21H,3-7,12,15H2,1-2H3,(H,24,26). The smallest absolute Gasteiger partial charge is 0.238 e. The Labute approximate surface area is 166 Å². The third kappa shape index (κ3) is 3.85. The van der Waals surface area contributed by atoms with Crippen LogP contribution in [0.4, 0.5) is 5.69 Å². The van der Waals surface area contributed by atoms with E-state index in [9.17, 15) is 4.79 Å². The predicted octanol–water partition coefficient (Wildman–Crippen LogP) is 3.97. The van der Waals surface area contributed by atoms with Crippen molar-refractivity contribution < 1.29 is 14.3 Å². The first kappa shape index (κ1) is 18.8. The fraction of sp³-hybridized carbons (Fsp3) is 0.435. The van der Waals surface area contributed by atoms with Crippen LogP contribution in [0, 0.1) is 0 Å². The fourth-order valence-electron chi connectivity index (χ4n) is 4.50. The molecule has 1 atom stereocenters. The van der Waals surface area contributed by atoms with Crippen LogP contribution >= 0.6 is 0 Å². The molecular formula is C23H28N2O3. The van der Waals surface area contributed by atoms with Crippen molar-refractivity contribution in [2.45, 2.75) is 38.1 Å². The number of methoxy groups -OCH3 is 2. The Balaban J connectivity index is 1.46. The SMILES string of the molecule is COc1ccc(OC)c(C2CCCN2CC(=O)Nc2ccc3c(c2)CCC3)c1. The largest absolute Gasteiger partial charge is 0.497 e.